The molecular formula is C18H27Cl2N3O3. The first-order valence-corrected chi connectivity index (χ1v) is 9.10. The topological polar surface area (TPSA) is 76.8 Å². The average Bonchev–Trinajstić information content (AvgIpc) is 2.95. The van der Waals surface area contributed by atoms with E-state index in [9.17, 15) is 4.79 Å². The molecule has 26 heavy (non-hydrogen) atoms. The highest BCUT2D eigenvalue weighted by atomic mass is 35.5. The molecule has 0 bridgehead atoms. The molecule has 0 saturated carbocycles. The molecular weight excluding hydrogens is 377 g/mol. The monoisotopic (exact) mass is 403 g/mol. The molecule has 3 N–H and O–H groups in total. The number of hydrogen-bond donors (Lipinski definition) is 2. The van der Waals surface area contributed by atoms with Gasteiger partial charge >= 0.3 is 0 Å². The molecule has 1 aromatic carbocycles. The van der Waals surface area contributed by atoms with E-state index in [0.29, 0.717) is 21.9 Å². The summed E-state index contributed by atoms with van der Waals surface area (Å²) in [4.78, 5) is 13.4. The van der Waals surface area contributed by atoms with Gasteiger partial charge in [0.05, 0.1) is 12.1 Å². The zero-order chi connectivity index (χ0) is 17.9. The van der Waals surface area contributed by atoms with Crippen molar-refractivity contribution in [1.82, 2.24) is 10.2 Å². The number of ether oxygens (including phenoxy) is 2. The van der Waals surface area contributed by atoms with Crippen LogP contribution < -0.4 is 20.5 Å². The quantitative estimate of drug-likeness (QED) is 0.761. The molecule has 0 atom stereocenters. The molecule has 3 rings (SSSR count). The lowest BCUT2D eigenvalue weighted by molar-refractivity contribution is -0.119. The molecule has 1 spiro atoms. The second-order valence-electron chi connectivity index (χ2n) is 7.07. The van der Waals surface area contributed by atoms with Gasteiger partial charge in [0.15, 0.2) is 18.1 Å². The van der Waals surface area contributed by atoms with Crippen LogP contribution in [0.3, 0.4) is 0 Å². The summed E-state index contributed by atoms with van der Waals surface area (Å²) in [6.45, 7) is 5.10. The summed E-state index contributed by atoms with van der Waals surface area (Å²) in [7, 11) is 1.56. The predicted molar refractivity (Wildman–Crippen MR) is 104 cm³/mol. The van der Waals surface area contributed by atoms with Crippen LogP contribution in [0.4, 0.5) is 0 Å². The number of halogens is 2. The summed E-state index contributed by atoms with van der Waals surface area (Å²) in [5, 5.41) is 3.89. The number of likely N-dealkylation sites (tertiary alicyclic amines) is 1. The van der Waals surface area contributed by atoms with Gasteiger partial charge in [-0.05, 0) is 62.0 Å². The number of hydrogen-bond acceptors (Lipinski definition) is 5. The average molecular weight is 404 g/mol. The van der Waals surface area contributed by atoms with Gasteiger partial charge in [-0.3, -0.25) is 9.69 Å². The number of nitrogens with zero attached hydrogens (tertiary/aromatic N) is 1. The van der Waals surface area contributed by atoms with Gasteiger partial charge in [0, 0.05) is 13.1 Å². The van der Waals surface area contributed by atoms with E-state index in [-0.39, 0.29) is 19.0 Å². The summed E-state index contributed by atoms with van der Waals surface area (Å²) in [6.07, 6.45) is 3.78. The number of carbonyl (C=O) groups excluding carboxylic acids is 1. The third kappa shape index (κ3) is 4.94. The molecule has 6 nitrogen and oxygen atoms in total. The van der Waals surface area contributed by atoms with Gasteiger partial charge < -0.3 is 20.5 Å². The molecule has 1 aromatic rings. The van der Waals surface area contributed by atoms with Crippen LogP contribution >= 0.6 is 24.0 Å². The molecule has 2 aliphatic rings. The van der Waals surface area contributed by atoms with E-state index in [4.69, 9.17) is 26.8 Å². The third-order valence-corrected chi connectivity index (χ3v) is 5.52. The number of methoxy groups -OCH3 is 1. The van der Waals surface area contributed by atoms with Gasteiger partial charge in [-0.1, -0.05) is 11.6 Å². The van der Waals surface area contributed by atoms with E-state index in [1.807, 2.05) is 12.1 Å². The van der Waals surface area contributed by atoms with Crippen LogP contribution in [-0.4, -0.2) is 50.7 Å². The Morgan fingerprint density at radius 2 is 2.08 bits per heavy atom. The van der Waals surface area contributed by atoms with Crippen molar-refractivity contribution >= 4 is 29.9 Å². The second-order valence-corrected chi connectivity index (χ2v) is 7.48. The Morgan fingerprint density at radius 1 is 1.35 bits per heavy atom. The number of primary amides is 1. The minimum Gasteiger partial charge on any atom is -0.493 e. The Morgan fingerprint density at radius 3 is 2.73 bits per heavy atom. The molecule has 2 fully saturated rings. The zero-order valence-corrected chi connectivity index (χ0v) is 16.6. The van der Waals surface area contributed by atoms with Crippen molar-refractivity contribution in [1.29, 1.82) is 0 Å². The molecule has 2 aliphatic heterocycles. The van der Waals surface area contributed by atoms with E-state index in [0.717, 1.165) is 38.3 Å². The standard InChI is InChI=1S/C18H26ClN3O3.ClH/c1-24-15-9-13(8-14(19)17(15)25-11-16(20)23)10-22-7-4-18(12-22)2-5-21-6-3-18;/h8-9,21H,2-7,10-12H2,1H3,(H2,20,23);1H. The Hall–Kier alpha value is -1.21. The lowest BCUT2D eigenvalue weighted by atomic mass is 9.78. The van der Waals surface area contributed by atoms with Crippen LogP contribution in [-0.2, 0) is 11.3 Å². The van der Waals surface area contributed by atoms with Crippen molar-refractivity contribution in [2.75, 3.05) is 39.9 Å². The summed E-state index contributed by atoms with van der Waals surface area (Å²) < 4.78 is 10.8. The first-order chi connectivity index (χ1) is 12.0. The van der Waals surface area contributed by atoms with Crippen LogP contribution in [0, 0.1) is 5.41 Å². The number of piperidine rings is 1. The van der Waals surface area contributed by atoms with Crippen molar-refractivity contribution in [3.05, 3.63) is 22.7 Å². The van der Waals surface area contributed by atoms with Gasteiger partial charge in [-0.15, -0.1) is 12.4 Å². The number of rotatable bonds is 6. The lowest BCUT2D eigenvalue weighted by Crippen LogP contribution is -2.38. The SMILES string of the molecule is COc1cc(CN2CCC3(CCNCC3)C2)cc(Cl)c1OCC(N)=O.Cl. The summed E-state index contributed by atoms with van der Waals surface area (Å²) in [5.74, 6) is 0.342. The molecule has 0 aromatic heterocycles. The minimum atomic E-state index is -0.550. The van der Waals surface area contributed by atoms with Crippen LogP contribution in [0.1, 0.15) is 24.8 Å². The van der Waals surface area contributed by atoms with Gasteiger partial charge in [0.2, 0.25) is 0 Å². The number of nitrogens with one attached hydrogen (secondary N) is 1. The first kappa shape index (κ1) is 21.1. The summed E-state index contributed by atoms with van der Waals surface area (Å²) >= 11 is 6.34. The Balaban J connectivity index is 0.00000243. The Bertz CT molecular complexity index is 636. The molecule has 2 heterocycles. The van der Waals surface area contributed by atoms with Crippen molar-refractivity contribution in [3.8, 4) is 11.5 Å². The highest BCUT2D eigenvalue weighted by Crippen LogP contribution is 2.40. The van der Waals surface area contributed by atoms with Gasteiger partial charge in [0.1, 0.15) is 0 Å². The number of carbonyl (C=O) groups is 1. The van der Waals surface area contributed by atoms with E-state index in [1.165, 1.54) is 19.3 Å². The van der Waals surface area contributed by atoms with E-state index in [2.05, 4.69) is 10.2 Å². The highest BCUT2D eigenvalue weighted by molar-refractivity contribution is 6.32. The van der Waals surface area contributed by atoms with Crippen LogP contribution in [0.25, 0.3) is 0 Å². The predicted octanol–water partition coefficient (Wildman–Crippen LogP) is 2.21. The fraction of sp³-hybridized carbons (Fsp3) is 0.611. The van der Waals surface area contributed by atoms with E-state index in [1.54, 1.807) is 7.11 Å². The molecule has 8 heteroatoms. The normalized spacial score (nSPS) is 19.2. The number of amides is 1. The Labute approximate surface area is 165 Å². The summed E-state index contributed by atoms with van der Waals surface area (Å²) in [5.41, 5.74) is 6.69. The van der Waals surface area contributed by atoms with Gasteiger partial charge in [-0.25, -0.2) is 0 Å². The molecule has 0 aliphatic carbocycles. The maximum atomic E-state index is 10.9. The van der Waals surface area contributed by atoms with Gasteiger partial charge in [-0.2, -0.15) is 0 Å². The fourth-order valence-corrected chi connectivity index (χ4v) is 4.22. The van der Waals surface area contributed by atoms with Crippen molar-refractivity contribution in [2.24, 2.45) is 11.1 Å². The number of benzene rings is 1. The molecule has 146 valence electrons. The fourth-order valence-electron chi connectivity index (χ4n) is 3.93. The molecule has 1 amide bonds. The van der Waals surface area contributed by atoms with Crippen LogP contribution in [0.5, 0.6) is 11.5 Å². The van der Waals surface area contributed by atoms with E-state index >= 15 is 0 Å². The van der Waals surface area contributed by atoms with E-state index < -0.39 is 5.91 Å². The summed E-state index contributed by atoms with van der Waals surface area (Å²) in [6, 6.07) is 3.81. The van der Waals surface area contributed by atoms with Crippen molar-refractivity contribution in [3.63, 3.8) is 0 Å². The third-order valence-electron chi connectivity index (χ3n) is 5.24. The zero-order valence-electron chi connectivity index (χ0n) is 15.1. The smallest absolute Gasteiger partial charge is 0.255 e. The van der Waals surface area contributed by atoms with Crippen molar-refractivity contribution in [2.45, 2.75) is 25.8 Å². The van der Waals surface area contributed by atoms with Crippen LogP contribution in [0.15, 0.2) is 12.1 Å². The van der Waals surface area contributed by atoms with Gasteiger partial charge in [0.25, 0.3) is 5.91 Å². The lowest BCUT2D eigenvalue weighted by Gasteiger charge is -2.34. The van der Waals surface area contributed by atoms with Crippen LogP contribution in [0.2, 0.25) is 5.02 Å². The first-order valence-electron chi connectivity index (χ1n) is 8.72. The van der Waals surface area contributed by atoms with Crippen molar-refractivity contribution < 1.29 is 14.3 Å². The maximum absolute atomic E-state index is 10.9. The minimum absolute atomic E-state index is 0. The Kier molecular flexibility index (Phi) is 7.41. The molecule has 0 radical (unpaired) electrons. The molecule has 2 saturated heterocycles. The number of nitrogens with two attached hydrogens (primary N) is 1. The largest absolute Gasteiger partial charge is 0.493 e. The molecule has 0 unspecified atom stereocenters. The maximum Gasteiger partial charge on any atom is 0.255 e. The highest BCUT2D eigenvalue weighted by Gasteiger charge is 2.38. The second kappa shape index (κ2) is 9.13.